The van der Waals surface area contributed by atoms with Gasteiger partial charge in [0.05, 0.1) is 12.1 Å². The van der Waals surface area contributed by atoms with Crippen molar-refractivity contribution >= 4 is 23.2 Å². The minimum Gasteiger partial charge on any atom is -0.394 e. The van der Waals surface area contributed by atoms with Gasteiger partial charge in [-0.3, -0.25) is 0 Å². The third kappa shape index (κ3) is 2.54. The first kappa shape index (κ1) is 10.7. The fourth-order valence-electron chi connectivity index (χ4n) is 0.886. The molecule has 0 spiro atoms. The molecule has 1 aromatic heterocycles. The van der Waals surface area contributed by atoms with E-state index in [-0.39, 0.29) is 16.9 Å². The molecule has 0 aliphatic carbocycles. The Labute approximate surface area is 86.5 Å². The molecule has 1 rings (SSSR count). The molecule has 1 heterocycles. The summed E-state index contributed by atoms with van der Waals surface area (Å²) in [5.41, 5.74) is 5.61. The van der Waals surface area contributed by atoms with Gasteiger partial charge in [0.15, 0.2) is 0 Å². The third-order valence-corrected chi connectivity index (χ3v) is 2.14. The van der Waals surface area contributed by atoms with Crippen molar-refractivity contribution in [2.24, 2.45) is 5.73 Å². The molecule has 0 saturated heterocycles. The zero-order valence-corrected chi connectivity index (χ0v) is 8.60. The summed E-state index contributed by atoms with van der Waals surface area (Å²) in [6, 6.07) is 3.17. The van der Waals surface area contributed by atoms with Crippen LogP contribution < -0.4 is 5.73 Å². The highest BCUT2D eigenvalue weighted by Gasteiger charge is 2.21. The molecule has 5 heteroatoms. The van der Waals surface area contributed by atoms with Crippen LogP contribution in [0.3, 0.4) is 0 Å². The quantitative estimate of drug-likeness (QED) is 0.745. The van der Waals surface area contributed by atoms with Crippen molar-refractivity contribution in [1.29, 1.82) is 0 Å². The number of aromatic nitrogens is 1. The van der Waals surface area contributed by atoms with Crippen LogP contribution in [0, 0.1) is 0 Å². The molecule has 0 fully saturated rings. The molecule has 0 aliphatic rings. The van der Waals surface area contributed by atoms with Gasteiger partial charge in [0.1, 0.15) is 10.3 Å². The van der Waals surface area contributed by atoms with Crippen molar-refractivity contribution in [2.75, 3.05) is 6.61 Å². The largest absolute Gasteiger partial charge is 0.394 e. The Balaban J connectivity index is 3.15. The Morgan fingerprint density at radius 3 is 2.31 bits per heavy atom. The van der Waals surface area contributed by atoms with Crippen molar-refractivity contribution in [3.8, 4) is 0 Å². The summed E-state index contributed by atoms with van der Waals surface area (Å²) < 4.78 is 0. The van der Waals surface area contributed by atoms with Crippen LogP contribution in [0.5, 0.6) is 0 Å². The number of rotatable bonds is 2. The second-order valence-corrected chi connectivity index (χ2v) is 3.85. The highest BCUT2D eigenvalue weighted by molar-refractivity contribution is 6.32. The summed E-state index contributed by atoms with van der Waals surface area (Å²) in [6.07, 6.45) is 0. The zero-order valence-electron chi connectivity index (χ0n) is 7.09. The lowest BCUT2D eigenvalue weighted by atomic mass is 9.95. The van der Waals surface area contributed by atoms with Crippen molar-refractivity contribution in [3.05, 3.63) is 28.0 Å². The maximum atomic E-state index is 9.00. The summed E-state index contributed by atoms with van der Waals surface area (Å²) in [5, 5.41) is 9.54. The van der Waals surface area contributed by atoms with E-state index < -0.39 is 5.54 Å². The van der Waals surface area contributed by atoms with Gasteiger partial charge in [-0.25, -0.2) is 4.98 Å². The monoisotopic (exact) mass is 220 g/mol. The Hall–Kier alpha value is -0.350. The fraction of sp³-hybridized carbons (Fsp3) is 0.375. The predicted molar refractivity (Wildman–Crippen MR) is 52.9 cm³/mol. The van der Waals surface area contributed by atoms with Gasteiger partial charge in [-0.2, -0.15) is 0 Å². The van der Waals surface area contributed by atoms with E-state index in [9.17, 15) is 0 Å². The highest BCUT2D eigenvalue weighted by Crippen LogP contribution is 2.22. The van der Waals surface area contributed by atoms with Gasteiger partial charge in [0, 0.05) is 0 Å². The van der Waals surface area contributed by atoms with E-state index in [1.165, 1.54) is 0 Å². The number of hydrogen-bond acceptors (Lipinski definition) is 3. The number of halogens is 2. The summed E-state index contributed by atoms with van der Waals surface area (Å²) >= 11 is 11.4. The second kappa shape index (κ2) is 3.80. The Morgan fingerprint density at radius 1 is 1.46 bits per heavy atom. The number of nitrogens with zero attached hydrogens (tertiary/aromatic N) is 1. The van der Waals surface area contributed by atoms with Crippen molar-refractivity contribution in [3.63, 3.8) is 0 Å². The topological polar surface area (TPSA) is 59.1 Å². The molecule has 0 saturated carbocycles. The third-order valence-electron chi connectivity index (χ3n) is 1.75. The summed E-state index contributed by atoms with van der Waals surface area (Å²) in [5.74, 6) is 0. The van der Waals surface area contributed by atoms with Gasteiger partial charge < -0.3 is 10.8 Å². The van der Waals surface area contributed by atoms with Crippen molar-refractivity contribution < 1.29 is 5.11 Å². The fourth-order valence-corrected chi connectivity index (χ4v) is 1.35. The number of pyridine rings is 1. The standard InChI is InChI=1S/C8H10Cl2N2O/c1-8(11,4-13)5-2-6(9)12-7(10)3-5/h2-3,13H,4,11H2,1H3. The summed E-state index contributed by atoms with van der Waals surface area (Å²) in [7, 11) is 0. The van der Waals surface area contributed by atoms with E-state index in [0.29, 0.717) is 5.56 Å². The SMILES string of the molecule is CC(N)(CO)c1cc(Cl)nc(Cl)c1. The maximum Gasteiger partial charge on any atom is 0.131 e. The molecule has 0 bridgehead atoms. The van der Waals surface area contributed by atoms with Crippen molar-refractivity contribution in [1.82, 2.24) is 4.98 Å². The van der Waals surface area contributed by atoms with E-state index >= 15 is 0 Å². The molecule has 1 atom stereocenters. The zero-order chi connectivity index (χ0) is 10.1. The Bertz CT molecular complexity index is 295. The van der Waals surface area contributed by atoms with E-state index in [2.05, 4.69) is 4.98 Å². The summed E-state index contributed by atoms with van der Waals surface area (Å²) in [4.78, 5) is 3.78. The normalized spacial score (nSPS) is 15.5. The first-order valence-corrected chi connectivity index (χ1v) is 4.44. The van der Waals surface area contributed by atoms with Gasteiger partial charge in [0.25, 0.3) is 0 Å². The molecular weight excluding hydrogens is 211 g/mol. The van der Waals surface area contributed by atoms with Crippen LogP contribution in [0.25, 0.3) is 0 Å². The molecule has 3 N–H and O–H groups in total. The van der Waals surface area contributed by atoms with Crippen LogP contribution in [0.2, 0.25) is 10.3 Å². The first-order chi connectivity index (χ1) is 5.95. The lowest BCUT2D eigenvalue weighted by Gasteiger charge is -2.22. The number of nitrogens with two attached hydrogens (primary N) is 1. The van der Waals surface area contributed by atoms with Crippen LogP contribution in [-0.4, -0.2) is 16.7 Å². The van der Waals surface area contributed by atoms with Crippen LogP contribution in [0.4, 0.5) is 0 Å². The van der Waals surface area contributed by atoms with Gasteiger partial charge in [0.2, 0.25) is 0 Å². The summed E-state index contributed by atoms with van der Waals surface area (Å²) in [6.45, 7) is 1.51. The molecule has 0 aliphatic heterocycles. The van der Waals surface area contributed by atoms with E-state index in [1.54, 1.807) is 19.1 Å². The lowest BCUT2D eigenvalue weighted by molar-refractivity contribution is 0.210. The van der Waals surface area contributed by atoms with Gasteiger partial charge in [-0.05, 0) is 24.6 Å². The van der Waals surface area contributed by atoms with Gasteiger partial charge in [-0.1, -0.05) is 23.2 Å². The second-order valence-electron chi connectivity index (χ2n) is 3.08. The maximum absolute atomic E-state index is 9.00. The van der Waals surface area contributed by atoms with Gasteiger partial charge in [-0.15, -0.1) is 0 Å². The Kier molecular flexibility index (Phi) is 3.14. The number of hydrogen-bond donors (Lipinski definition) is 2. The molecule has 72 valence electrons. The first-order valence-electron chi connectivity index (χ1n) is 3.69. The smallest absolute Gasteiger partial charge is 0.131 e. The van der Waals surface area contributed by atoms with Gasteiger partial charge >= 0.3 is 0 Å². The predicted octanol–water partition coefficient (Wildman–Crippen LogP) is 1.55. The van der Waals surface area contributed by atoms with E-state index in [0.717, 1.165) is 0 Å². The Morgan fingerprint density at radius 2 is 1.92 bits per heavy atom. The van der Waals surface area contributed by atoms with E-state index in [4.69, 9.17) is 34.0 Å². The van der Waals surface area contributed by atoms with Crippen LogP contribution in [0.1, 0.15) is 12.5 Å². The minimum absolute atomic E-state index is 0.177. The molecule has 1 unspecified atom stereocenters. The average Bonchev–Trinajstić information content (AvgIpc) is 2.02. The number of aliphatic hydroxyl groups excluding tert-OH is 1. The minimum atomic E-state index is -0.837. The van der Waals surface area contributed by atoms with Crippen LogP contribution in [0.15, 0.2) is 12.1 Å². The van der Waals surface area contributed by atoms with Crippen molar-refractivity contribution in [2.45, 2.75) is 12.5 Å². The molecular formula is C8H10Cl2N2O. The highest BCUT2D eigenvalue weighted by atomic mass is 35.5. The molecule has 0 radical (unpaired) electrons. The molecule has 1 aromatic rings. The van der Waals surface area contributed by atoms with Crippen LogP contribution in [-0.2, 0) is 5.54 Å². The molecule has 3 nitrogen and oxygen atoms in total. The molecule has 13 heavy (non-hydrogen) atoms. The molecule has 0 aromatic carbocycles. The van der Waals surface area contributed by atoms with Crippen LogP contribution >= 0.6 is 23.2 Å². The molecule has 0 amide bonds. The number of aliphatic hydroxyl groups is 1. The lowest BCUT2D eigenvalue weighted by Crippen LogP contribution is -2.36. The van der Waals surface area contributed by atoms with E-state index in [1.807, 2.05) is 0 Å². The average molecular weight is 221 g/mol.